The van der Waals surface area contributed by atoms with Crippen LogP contribution in [-0.4, -0.2) is 24.3 Å². The van der Waals surface area contributed by atoms with E-state index in [9.17, 15) is 34.1 Å². The number of nitro benzene ring substituents is 1. The quantitative estimate of drug-likeness (QED) is 0.205. The molecule has 0 aliphatic heterocycles. The van der Waals surface area contributed by atoms with Gasteiger partial charge in [0.1, 0.15) is 5.78 Å². The van der Waals surface area contributed by atoms with E-state index in [2.05, 4.69) is 4.98 Å². The average Bonchev–Trinajstić information content (AvgIpc) is 2.56. The van der Waals surface area contributed by atoms with Crippen LogP contribution >= 0.6 is 7.60 Å². The molecule has 0 aliphatic carbocycles. The number of benzene rings is 2. The Morgan fingerprint density at radius 1 is 1.27 bits per heavy atom. The molecule has 136 valence electrons. The van der Waals surface area contributed by atoms with E-state index >= 15 is 0 Å². The minimum absolute atomic E-state index is 0.0333. The van der Waals surface area contributed by atoms with Gasteiger partial charge in [0.25, 0.3) is 5.69 Å². The average molecular weight is 379 g/mol. The Kier molecular flexibility index (Phi) is 4.27. The van der Waals surface area contributed by atoms with Crippen molar-refractivity contribution in [2.24, 2.45) is 0 Å². The topological polar surface area (TPSA) is 156 Å². The van der Waals surface area contributed by atoms with Crippen molar-refractivity contribution in [1.29, 1.82) is 0 Å². The summed E-state index contributed by atoms with van der Waals surface area (Å²) in [7, 11) is -4.78. The highest BCUT2D eigenvalue weighted by molar-refractivity contribution is 7.51. The maximum absolute atomic E-state index is 12.4. The second kappa shape index (κ2) is 6.17. The van der Waals surface area contributed by atoms with Gasteiger partial charge in [0.2, 0.25) is 0 Å². The van der Waals surface area contributed by atoms with Crippen molar-refractivity contribution in [3.05, 3.63) is 61.2 Å². The van der Waals surface area contributed by atoms with E-state index in [1.165, 1.54) is 19.1 Å². The van der Waals surface area contributed by atoms with Crippen LogP contribution in [0.2, 0.25) is 0 Å². The number of aromatic amines is 1. The molecule has 0 spiro atoms. The number of nitrogens with one attached hydrogen (secondary N) is 1. The van der Waals surface area contributed by atoms with Crippen LogP contribution in [0, 0.1) is 10.1 Å². The van der Waals surface area contributed by atoms with Crippen LogP contribution in [0.5, 0.6) is 0 Å². The lowest BCUT2D eigenvalue weighted by molar-refractivity contribution is -0.382. The summed E-state index contributed by atoms with van der Waals surface area (Å²) in [6, 6.07) is 7.18. The molecular weight excluding hydrogens is 365 g/mol. The molecule has 3 aromatic rings. The lowest BCUT2D eigenvalue weighted by atomic mass is 10.1. The molecule has 0 bridgehead atoms. The summed E-state index contributed by atoms with van der Waals surface area (Å²) < 4.78 is 12.6. The number of rotatable bonds is 4. The van der Waals surface area contributed by atoms with Gasteiger partial charge in [-0.3, -0.25) is 28.8 Å². The zero-order chi connectivity index (χ0) is 19.2. The minimum Gasteiger partial charge on any atom is -0.323 e. The summed E-state index contributed by atoms with van der Waals surface area (Å²) in [5, 5.41) is 11.8. The predicted molar refractivity (Wildman–Crippen MR) is 94.4 cm³/mol. The summed E-state index contributed by atoms with van der Waals surface area (Å²) in [4.78, 5) is 56.7. The van der Waals surface area contributed by atoms with Crippen molar-refractivity contribution >= 4 is 35.1 Å². The van der Waals surface area contributed by atoms with Crippen molar-refractivity contribution in [2.75, 3.05) is 0 Å². The first kappa shape index (κ1) is 18.0. The van der Waals surface area contributed by atoms with Gasteiger partial charge in [0, 0.05) is 11.5 Å². The number of non-ortho nitro benzene ring substituents is 1. The van der Waals surface area contributed by atoms with Gasteiger partial charge in [-0.05, 0) is 12.5 Å². The molecule has 1 unspecified atom stereocenters. The van der Waals surface area contributed by atoms with Crippen molar-refractivity contribution < 1.29 is 19.3 Å². The zero-order valence-corrected chi connectivity index (χ0v) is 14.3. The molecule has 10 nitrogen and oxygen atoms in total. The van der Waals surface area contributed by atoms with Crippen LogP contribution < -0.4 is 11.1 Å². The van der Waals surface area contributed by atoms with Gasteiger partial charge in [0.05, 0.1) is 21.3 Å². The fourth-order valence-electron chi connectivity index (χ4n) is 3.09. The van der Waals surface area contributed by atoms with E-state index in [0.29, 0.717) is 0 Å². The van der Waals surface area contributed by atoms with E-state index in [-0.39, 0.29) is 33.9 Å². The van der Waals surface area contributed by atoms with Crippen LogP contribution in [0.4, 0.5) is 5.69 Å². The van der Waals surface area contributed by atoms with Crippen molar-refractivity contribution in [3.63, 3.8) is 0 Å². The number of nitrogens with zero attached hydrogens (tertiary/aromatic N) is 2. The standard InChI is InChI=1S/C15H14N3O7P/c1-2-12(26(23,24)25)17-13-9-6-4-3-5-8(9)11(18(21)22)7-10(13)16-14(19)15(17)20/h3-7,12H,2H2,1H3,(H,16,19)(H2,23,24,25). The Morgan fingerprint density at radius 3 is 2.42 bits per heavy atom. The fourth-order valence-corrected chi connectivity index (χ4v) is 4.09. The molecule has 3 rings (SSSR count). The maximum Gasteiger partial charge on any atom is 0.348 e. The Bertz CT molecular complexity index is 1210. The summed E-state index contributed by atoms with van der Waals surface area (Å²) in [5.74, 6) is -1.57. The van der Waals surface area contributed by atoms with Gasteiger partial charge in [-0.2, -0.15) is 0 Å². The summed E-state index contributed by atoms with van der Waals surface area (Å²) >= 11 is 0. The normalized spacial score (nSPS) is 13.2. The second-order valence-electron chi connectivity index (χ2n) is 5.70. The molecular formula is C15H14N3O7P. The molecule has 0 radical (unpaired) electrons. The molecule has 0 amide bonds. The van der Waals surface area contributed by atoms with E-state index in [1.54, 1.807) is 12.1 Å². The third-order valence-electron chi connectivity index (χ3n) is 4.14. The number of hydrogen-bond acceptors (Lipinski definition) is 5. The fraction of sp³-hybridized carbons (Fsp3) is 0.200. The Labute approximate surface area is 145 Å². The smallest absolute Gasteiger partial charge is 0.323 e. The molecule has 1 aromatic heterocycles. The molecule has 11 heteroatoms. The Morgan fingerprint density at radius 2 is 1.88 bits per heavy atom. The van der Waals surface area contributed by atoms with Gasteiger partial charge in [0.15, 0.2) is 0 Å². The Hall–Kier alpha value is -2.81. The number of nitro groups is 1. The van der Waals surface area contributed by atoms with Crippen LogP contribution in [0.15, 0.2) is 39.9 Å². The first-order valence-electron chi connectivity index (χ1n) is 7.56. The van der Waals surface area contributed by atoms with E-state index in [4.69, 9.17) is 0 Å². The lowest BCUT2D eigenvalue weighted by Gasteiger charge is -2.21. The summed E-state index contributed by atoms with van der Waals surface area (Å²) in [5.41, 5.74) is -2.56. The number of aromatic nitrogens is 2. The van der Waals surface area contributed by atoms with E-state index in [0.717, 1.165) is 10.6 Å². The SMILES string of the molecule is CCC(n1c(=O)c(=O)[nH]c2cc([N+](=O)[O-])c3ccccc3c21)P(=O)(O)O. The van der Waals surface area contributed by atoms with Crippen LogP contribution in [0.3, 0.4) is 0 Å². The van der Waals surface area contributed by atoms with Crippen molar-refractivity contribution in [3.8, 4) is 0 Å². The molecule has 0 saturated heterocycles. The van der Waals surface area contributed by atoms with Gasteiger partial charge in [-0.25, -0.2) is 0 Å². The molecule has 2 aromatic carbocycles. The highest BCUT2D eigenvalue weighted by Crippen LogP contribution is 2.51. The van der Waals surface area contributed by atoms with Gasteiger partial charge >= 0.3 is 18.7 Å². The largest absolute Gasteiger partial charge is 0.348 e. The molecule has 3 N–H and O–H groups in total. The first-order chi connectivity index (χ1) is 12.2. The van der Waals surface area contributed by atoms with Crippen molar-refractivity contribution in [1.82, 2.24) is 9.55 Å². The van der Waals surface area contributed by atoms with Gasteiger partial charge in [-0.15, -0.1) is 0 Å². The maximum atomic E-state index is 12.4. The summed E-state index contributed by atoms with van der Waals surface area (Å²) in [6.45, 7) is 1.47. The molecule has 0 fully saturated rings. The van der Waals surface area contributed by atoms with Gasteiger partial charge in [-0.1, -0.05) is 25.1 Å². The first-order valence-corrected chi connectivity index (χ1v) is 9.24. The Balaban J connectivity index is 2.65. The molecule has 0 aliphatic rings. The molecule has 1 heterocycles. The zero-order valence-electron chi connectivity index (χ0n) is 13.4. The van der Waals surface area contributed by atoms with Crippen LogP contribution in [-0.2, 0) is 4.57 Å². The molecule has 0 saturated carbocycles. The summed E-state index contributed by atoms with van der Waals surface area (Å²) in [6.07, 6.45) is -0.117. The van der Waals surface area contributed by atoms with Crippen LogP contribution in [0.25, 0.3) is 21.8 Å². The number of fused-ring (bicyclic) bond motifs is 3. The highest BCUT2D eigenvalue weighted by atomic mass is 31.2. The third kappa shape index (κ3) is 2.74. The van der Waals surface area contributed by atoms with Gasteiger partial charge < -0.3 is 14.8 Å². The number of H-pyrrole nitrogens is 1. The highest BCUT2D eigenvalue weighted by Gasteiger charge is 2.32. The monoisotopic (exact) mass is 379 g/mol. The minimum atomic E-state index is -4.78. The van der Waals surface area contributed by atoms with E-state index < -0.39 is 29.4 Å². The second-order valence-corrected chi connectivity index (χ2v) is 7.48. The third-order valence-corrected chi connectivity index (χ3v) is 5.52. The van der Waals surface area contributed by atoms with E-state index in [1.807, 2.05) is 0 Å². The predicted octanol–water partition coefficient (Wildman–Crippen LogP) is 1.84. The number of hydrogen-bond donors (Lipinski definition) is 3. The molecule has 1 atom stereocenters. The van der Waals surface area contributed by atoms with Crippen LogP contribution in [0.1, 0.15) is 19.1 Å². The van der Waals surface area contributed by atoms with Crippen molar-refractivity contribution in [2.45, 2.75) is 19.1 Å². The lowest BCUT2D eigenvalue weighted by Crippen LogP contribution is -2.38. The molecule has 26 heavy (non-hydrogen) atoms.